The first-order chi connectivity index (χ1) is 18.4. The van der Waals surface area contributed by atoms with Crippen molar-refractivity contribution in [3.05, 3.63) is 119 Å². The SMILES string of the molecule is CCCc1cc(C2(c3ccc(OCC(C)O)cc3)c3ccccc3-c3ccccc32)ccc1OCC(C)O. The molecular formula is C34H36O4. The van der Waals surface area contributed by atoms with Crippen LogP contribution in [0.5, 0.6) is 11.5 Å². The molecule has 0 fully saturated rings. The lowest BCUT2D eigenvalue weighted by molar-refractivity contribution is 0.122. The van der Waals surface area contributed by atoms with Gasteiger partial charge in [-0.25, -0.2) is 0 Å². The molecule has 0 radical (unpaired) electrons. The Kier molecular flexibility index (Phi) is 7.55. The number of ether oxygens (including phenoxy) is 2. The molecule has 2 unspecified atom stereocenters. The largest absolute Gasteiger partial charge is 0.491 e. The zero-order valence-corrected chi connectivity index (χ0v) is 22.4. The number of aliphatic hydroxyl groups excluding tert-OH is 2. The Labute approximate surface area is 225 Å². The lowest BCUT2D eigenvalue weighted by Crippen LogP contribution is -2.29. The third-order valence-corrected chi connectivity index (χ3v) is 7.22. The molecule has 0 heterocycles. The third kappa shape index (κ3) is 4.70. The van der Waals surface area contributed by atoms with Crippen LogP contribution in [0.1, 0.15) is 55.0 Å². The molecule has 0 aromatic heterocycles. The number of benzene rings is 4. The van der Waals surface area contributed by atoms with E-state index in [0.717, 1.165) is 35.5 Å². The summed E-state index contributed by atoms with van der Waals surface area (Å²) in [6, 6.07) is 32.2. The fourth-order valence-corrected chi connectivity index (χ4v) is 5.67. The molecule has 0 aliphatic heterocycles. The lowest BCUT2D eigenvalue weighted by atomic mass is 9.67. The molecule has 2 N–H and O–H groups in total. The molecule has 4 aromatic rings. The second-order valence-electron chi connectivity index (χ2n) is 10.3. The Hall–Kier alpha value is -3.60. The quantitative estimate of drug-likeness (QED) is 0.225. The van der Waals surface area contributed by atoms with E-state index < -0.39 is 17.6 Å². The van der Waals surface area contributed by atoms with Crippen LogP contribution in [-0.4, -0.2) is 35.6 Å². The van der Waals surface area contributed by atoms with Gasteiger partial charge in [0.05, 0.1) is 17.6 Å². The molecule has 1 aliphatic carbocycles. The summed E-state index contributed by atoms with van der Waals surface area (Å²) in [4.78, 5) is 0. The van der Waals surface area contributed by atoms with Crippen LogP contribution in [0.3, 0.4) is 0 Å². The molecule has 0 saturated carbocycles. The van der Waals surface area contributed by atoms with Gasteiger partial charge in [-0.05, 0) is 77.4 Å². The summed E-state index contributed by atoms with van der Waals surface area (Å²) in [5.74, 6) is 1.56. The maximum atomic E-state index is 9.81. The van der Waals surface area contributed by atoms with Crippen molar-refractivity contribution in [3.63, 3.8) is 0 Å². The molecule has 4 heteroatoms. The van der Waals surface area contributed by atoms with Crippen molar-refractivity contribution in [2.24, 2.45) is 0 Å². The monoisotopic (exact) mass is 508 g/mol. The van der Waals surface area contributed by atoms with E-state index in [1.165, 1.54) is 27.8 Å². The van der Waals surface area contributed by atoms with Crippen molar-refractivity contribution < 1.29 is 19.7 Å². The van der Waals surface area contributed by atoms with Gasteiger partial charge in [-0.15, -0.1) is 0 Å². The second-order valence-corrected chi connectivity index (χ2v) is 10.3. The van der Waals surface area contributed by atoms with Crippen LogP contribution in [0, 0.1) is 0 Å². The summed E-state index contributed by atoms with van der Waals surface area (Å²) >= 11 is 0. The molecule has 5 rings (SSSR count). The average molecular weight is 509 g/mol. The van der Waals surface area contributed by atoms with E-state index in [0.29, 0.717) is 0 Å². The van der Waals surface area contributed by atoms with E-state index in [2.05, 4.69) is 85.8 Å². The first-order valence-corrected chi connectivity index (χ1v) is 13.5. The summed E-state index contributed by atoms with van der Waals surface area (Å²) in [7, 11) is 0. The van der Waals surface area contributed by atoms with E-state index in [1.54, 1.807) is 13.8 Å². The summed E-state index contributed by atoms with van der Waals surface area (Å²) in [6.45, 7) is 6.15. The Balaban J connectivity index is 1.72. The molecular weight excluding hydrogens is 472 g/mol. The summed E-state index contributed by atoms with van der Waals surface area (Å²) in [6.07, 6.45) is 0.818. The maximum Gasteiger partial charge on any atom is 0.122 e. The van der Waals surface area contributed by atoms with Crippen LogP contribution in [0.15, 0.2) is 91.0 Å². The second kappa shape index (κ2) is 11.0. The Morgan fingerprint density at radius 3 is 1.82 bits per heavy atom. The third-order valence-electron chi connectivity index (χ3n) is 7.22. The minimum Gasteiger partial charge on any atom is -0.491 e. The standard InChI is InChI=1S/C34H36O4/c1-4-9-25-20-27(16-19-33(25)38-22-24(3)36)34(26-14-17-28(18-15-26)37-21-23(2)35)31-12-7-5-10-29(31)30-11-6-8-13-32(30)34/h5-8,10-20,23-24,35-36H,4,9,21-22H2,1-3H3. The molecule has 196 valence electrons. The molecule has 4 nitrogen and oxygen atoms in total. The van der Waals surface area contributed by atoms with Crippen molar-refractivity contribution in [3.8, 4) is 22.6 Å². The minimum atomic E-state index is -0.529. The van der Waals surface area contributed by atoms with Gasteiger partial charge in [0.25, 0.3) is 0 Å². The molecule has 2 atom stereocenters. The number of hydrogen-bond acceptors (Lipinski definition) is 4. The molecule has 0 spiro atoms. The fraction of sp³-hybridized carbons (Fsp3) is 0.294. The van der Waals surface area contributed by atoms with Gasteiger partial charge in [0, 0.05) is 0 Å². The van der Waals surface area contributed by atoms with Crippen molar-refractivity contribution in [1.29, 1.82) is 0 Å². The average Bonchev–Trinajstić information content (AvgIpc) is 3.23. The highest BCUT2D eigenvalue weighted by Crippen LogP contribution is 2.56. The van der Waals surface area contributed by atoms with E-state index >= 15 is 0 Å². The Morgan fingerprint density at radius 2 is 1.24 bits per heavy atom. The molecule has 4 aromatic carbocycles. The highest BCUT2D eigenvalue weighted by atomic mass is 16.5. The maximum absolute atomic E-state index is 9.81. The van der Waals surface area contributed by atoms with E-state index in [-0.39, 0.29) is 13.2 Å². The van der Waals surface area contributed by atoms with Crippen LogP contribution in [0.4, 0.5) is 0 Å². The normalized spacial score (nSPS) is 14.9. The van der Waals surface area contributed by atoms with Crippen LogP contribution in [-0.2, 0) is 11.8 Å². The zero-order chi connectivity index (χ0) is 26.7. The zero-order valence-electron chi connectivity index (χ0n) is 22.4. The summed E-state index contributed by atoms with van der Waals surface area (Å²) in [5, 5.41) is 19.5. The van der Waals surface area contributed by atoms with Crippen LogP contribution >= 0.6 is 0 Å². The first-order valence-electron chi connectivity index (χ1n) is 13.5. The van der Waals surface area contributed by atoms with Crippen molar-refractivity contribution >= 4 is 0 Å². The molecule has 1 aliphatic rings. The first kappa shape index (κ1) is 26.0. The number of aryl methyl sites for hydroxylation is 1. The lowest BCUT2D eigenvalue weighted by Gasteiger charge is -2.34. The van der Waals surface area contributed by atoms with Crippen molar-refractivity contribution in [1.82, 2.24) is 0 Å². The predicted octanol–water partition coefficient (Wildman–Crippen LogP) is 6.52. The highest BCUT2D eigenvalue weighted by Gasteiger charge is 2.46. The van der Waals surface area contributed by atoms with E-state index in [4.69, 9.17) is 9.47 Å². The predicted molar refractivity (Wildman–Crippen MR) is 152 cm³/mol. The van der Waals surface area contributed by atoms with Crippen LogP contribution in [0.25, 0.3) is 11.1 Å². The van der Waals surface area contributed by atoms with Crippen LogP contribution < -0.4 is 9.47 Å². The van der Waals surface area contributed by atoms with Gasteiger partial charge in [0.15, 0.2) is 0 Å². The molecule has 0 bridgehead atoms. The summed E-state index contributed by atoms with van der Waals surface area (Å²) in [5.41, 5.74) is 7.94. The van der Waals surface area contributed by atoms with Crippen molar-refractivity contribution in [2.45, 2.75) is 51.2 Å². The Bertz CT molecular complexity index is 1340. The van der Waals surface area contributed by atoms with Gasteiger partial charge in [0.2, 0.25) is 0 Å². The van der Waals surface area contributed by atoms with Gasteiger partial charge in [-0.1, -0.05) is 86.1 Å². The smallest absolute Gasteiger partial charge is 0.122 e. The van der Waals surface area contributed by atoms with Crippen molar-refractivity contribution in [2.75, 3.05) is 13.2 Å². The van der Waals surface area contributed by atoms with E-state index in [1.807, 2.05) is 12.1 Å². The fourth-order valence-electron chi connectivity index (χ4n) is 5.67. The molecule has 38 heavy (non-hydrogen) atoms. The molecule has 0 saturated heterocycles. The number of hydrogen-bond donors (Lipinski definition) is 2. The minimum absolute atomic E-state index is 0.254. The van der Waals surface area contributed by atoms with Crippen LogP contribution in [0.2, 0.25) is 0 Å². The topological polar surface area (TPSA) is 58.9 Å². The van der Waals surface area contributed by atoms with Gasteiger partial charge in [0.1, 0.15) is 24.7 Å². The molecule has 0 amide bonds. The number of aliphatic hydroxyl groups is 2. The Morgan fingerprint density at radius 1 is 0.684 bits per heavy atom. The number of rotatable bonds is 10. The van der Waals surface area contributed by atoms with Gasteiger partial charge < -0.3 is 19.7 Å². The van der Waals surface area contributed by atoms with E-state index in [9.17, 15) is 10.2 Å². The van der Waals surface area contributed by atoms with Gasteiger partial charge in [-0.3, -0.25) is 0 Å². The summed E-state index contributed by atoms with van der Waals surface area (Å²) < 4.78 is 11.8. The van der Waals surface area contributed by atoms with Gasteiger partial charge in [-0.2, -0.15) is 0 Å². The van der Waals surface area contributed by atoms with Gasteiger partial charge >= 0.3 is 0 Å². The number of fused-ring (bicyclic) bond motifs is 3. The highest BCUT2D eigenvalue weighted by molar-refractivity contribution is 5.86.